The maximum absolute atomic E-state index is 13.6. The molecule has 0 aliphatic carbocycles. The maximum atomic E-state index is 13.6. The van der Waals surface area contributed by atoms with Gasteiger partial charge in [-0.2, -0.15) is 0 Å². The number of rotatable bonds is 4. The Morgan fingerprint density at radius 2 is 1.67 bits per heavy atom. The van der Waals surface area contributed by atoms with Crippen molar-refractivity contribution in [2.75, 3.05) is 36.4 Å². The molecule has 2 heterocycles. The highest BCUT2D eigenvalue weighted by Gasteiger charge is 2.47. The van der Waals surface area contributed by atoms with Gasteiger partial charge in [0.15, 0.2) is 6.04 Å². The van der Waals surface area contributed by atoms with Gasteiger partial charge in [-0.1, -0.05) is 42.5 Å². The molecule has 2 amide bonds. The Hall–Kier alpha value is -2.70. The van der Waals surface area contributed by atoms with Crippen molar-refractivity contribution in [1.82, 2.24) is 0 Å². The van der Waals surface area contributed by atoms with Gasteiger partial charge in [-0.25, -0.2) is 0 Å². The van der Waals surface area contributed by atoms with Crippen LogP contribution >= 0.6 is 0 Å². The molecule has 3 N–H and O–H groups in total. The molecule has 1 fully saturated rings. The van der Waals surface area contributed by atoms with Crippen LogP contribution in [0.25, 0.3) is 0 Å². The molecule has 6 nitrogen and oxygen atoms in total. The molecule has 2 aromatic rings. The summed E-state index contributed by atoms with van der Waals surface area (Å²) in [6.07, 6.45) is 0. The summed E-state index contributed by atoms with van der Waals surface area (Å²) in [5.74, 6) is -0.127. The molecule has 2 aliphatic heterocycles. The van der Waals surface area contributed by atoms with Crippen LogP contribution in [-0.2, 0) is 16.1 Å². The molecule has 0 radical (unpaired) electrons. The van der Waals surface area contributed by atoms with E-state index in [0.29, 0.717) is 5.69 Å². The van der Waals surface area contributed by atoms with Crippen molar-refractivity contribution in [3.8, 4) is 0 Å². The van der Waals surface area contributed by atoms with E-state index in [1.807, 2.05) is 45.0 Å². The van der Waals surface area contributed by atoms with Crippen LogP contribution in [-0.4, -0.2) is 49.6 Å². The van der Waals surface area contributed by atoms with Crippen LogP contribution in [0.15, 0.2) is 54.6 Å². The second kappa shape index (κ2) is 8.20. The first-order valence-electron chi connectivity index (χ1n) is 10.8. The predicted molar refractivity (Wildman–Crippen MR) is 118 cm³/mol. The number of hydrogen-bond acceptors (Lipinski definition) is 2. The quantitative estimate of drug-likeness (QED) is 0.673. The number of hydrogen-bond donors (Lipinski definition) is 3. The average Bonchev–Trinajstić information content (AvgIpc) is 2.75. The first kappa shape index (κ1) is 20.6. The van der Waals surface area contributed by atoms with Gasteiger partial charge in [0.05, 0.1) is 11.4 Å². The normalized spacial score (nSPS) is 24.0. The smallest absolute Gasteiger partial charge is 0.285 e. The van der Waals surface area contributed by atoms with Gasteiger partial charge in [-0.15, -0.1) is 0 Å². The van der Waals surface area contributed by atoms with Gasteiger partial charge in [-0.3, -0.25) is 14.5 Å². The van der Waals surface area contributed by atoms with Gasteiger partial charge in [0.1, 0.15) is 38.3 Å². The van der Waals surface area contributed by atoms with E-state index in [1.54, 1.807) is 9.80 Å². The third kappa shape index (κ3) is 3.85. The lowest BCUT2D eigenvalue weighted by Crippen LogP contribution is -3.29. The van der Waals surface area contributed by atoms with E-state index in [9.17, 15) is 9.59 Å². The van der Waals surface area contributed by atoms with E-state index in [2.05, 4.69) is 35.6 Å². The molecule has 0 spiro atoms. The van der Waals surface area contributed by atoms with E-state index in [4.69, 9.17) is 0 Å². The van der Waals surface area contributed by atoms with Crippen molar-refractivity contribution >= 4 is 23.2 Å². The summed E-state index contributed by atoms with van der Waals surface area (Å²) in [6, 6.07) is 18.0. The van der Waals surface area contributed by atoms with Crippen molar-refractivity contribution in [1.29, 1.82) is 0 Å². The lowest BCUT2D eigenvalue weighted by molar-refractivity contribution is -1.02. The zero-order chi connectivity index (χ0) is 21.3. The van der Waals surface area contributed by atoms with Crippen LogP contribution in [0.3, 0.4) is 0 Å². The number of fused-ring (bicyclic) bond motifs is 1. The lowest BCUT2D eigenvalue weighted by atomic mass is 9.95. The molecular weight excluding hydrogens is 376 g/mol. The Bertz CT molecular complexity index is 920. The Morgan fingerprint density at radius 1 is 1.03 bits per heavy atom. The van der Waals surface area contributed by atoms with Gasteiger partial charge in [-0.05, 0) is 32.9 Å². The van der Waals surface area contributed by atoms with Gasteiger partial charge < -0.3 is 15.1 Å². The third-order valence-electron chi connectivity index (χ3n) is 6.61. The number of para-hydroxylation sites is 2. The molecule has 0 bridgehead atoms. The van der Waals surface area contributed by atoms with E-state index in [0.717, 1.165) is 38.4 Å². The molecular formula is C24H32N4O2+2. The van der Waals surface area contributed by atoms with Crippen LogP contribution in [0.4, 0.5) is 11.4 Å². The second-order valence-corrected chi connectivity index (χ2v) is 9.00. The van der Waals surface area contributed by atoms with Crippen LogP contribution in [0.2, 0.25) is 0 Å². The SMILES string of the molecule is C[C@@H](C(=O)N1c2ccccc2NC(=O)C1(C)C)[NH+]1CC[NH+](Cc2ccccc2)CC1. The Kier molecular flexibility index (Phi) is 5.62. The fourth-order valence-electron chi connectivity index (χ4n) is 4.63. The van der Waals surface area contributed by atoms with Crippen LogP contribution in [0.1, 0.15) is 26.3 Å². The van der Waals surface area contributed by atoms with Crippen LogP contribution in [0.5, 0.6) is 0 Å². The van der Waals surface area contributed by atoms with E-state index in [1.165, 1.54) is 10.5 Å². The van der Waals surface area contributed by atoms with Gasteiger partial charge in [0, 0.05) is 5.56 Å². The van der Waals surface area contributed by atoms with Crippen LogP contribution in [0, 0.1) is 0 Å². The Balaban J connectivity index is 1.45. The zero-order valence-corrected chi connectivity index (χ0v) is 18.1. The first-order chi connectivity index (χ1) is 14.4. The topological polar surface area (TPSA) is 58.3 Å². The number of carbonyl (C=O) groups excluding carboxylic acids is 2. The second-order valence-electron chi connectivity index (χ2n) is 9.00. The highest BCUT2D eigenvalue weighted by atomic mass is 16.2. The molecule has 30 heavy (non-hydrogen) atoms. The summed E-state index contributed by atoms with van der Waals surface area (Å²) in [7, 11) is 0. The van der Waals surface area contributed by atoms with Crippen molar-refractivity contribution in [2.24, 2.45) is 0 Å². The zero-order valence-electron chi connectivity index (χ0n) is 18.1. The number of nitrogens with zero attached hydrogens (tertiary/aromatic N) is 1. The number of quaternary nitrogens is 2. The third-order valence-corrected chi connectivity index (χ3v) is 6.61. The molecule has 0 saturated carbocycles. The van der Waals surface area contributed by atoms with E-state index < -0.39 is 5.54 Å². The summed E-state index contributed by atoms with van der Waals surface area (Å²) in [5.41, 5.74) is 1.93. The number of anilines is 2. The minimum absolute atomic E-state index is 0.0174. The Morgan fingerprint density at radius 3 is 2.37 bits per heavy atom. The highest BCUT2D eigenvalue weighted by Crippen LogP contribution is 2.36. The van der Waals surface area contributed by atoms with E-state index in [-0.39, 0.29) is 17.9 Å². The summed E-state index contributed by atoms with van der Waals surface area (Å²) in [4.78, 5) is 30.9. The maximum Gasteiger partial charge on any atom is 0.285 e. The molecule has 1 saturated heterocycles. The largest absolute Gasteiger partial charge is 0.322 e. The lowest BCUT2D eigenvalue weighted by Gasteiger charge is -2.44. The average molecular weight is 409 g/mol. The molecule has 2 aliphatic rings. The van der Waals surface area contributed by atoms with Crippen LogP contribution < -0.4 is 20.0 Å². The number of piperazine rings is 1. The molecule has 0 unspecified atom stereocenters. The fraction of sp³-hybridized carbons (Fsp3) is 0.417. The molecule has 1 atom stereocenters. The van der Waals surface area contributed by atoms with Gasteiger partial charge >= 0.3 is 0 Å². The fourth-order valence-corrected chi connectivity index (χ4v) is 4.63. The molecule has 4 rings (SSSR count). The van der Waals surface area contributed by atoms with Crippen molar-refractivity contribution in [3.63, 3.8) is 0 Å². The monoisotopic (exact) mass is 408 g/mol. The predicted octanol–water partition coefficient (Wildman–Crippen LogP) is 0.122. The van der Waals surface area contributed by atoms with Crippen molar-refractivity contribution in [2.45, 2.75) is 38.9 Å². The molecule has 6 heteroatoms. The minimum atomic E-state index is -0.917. The molecule has 158 valence electrons. The Labute approximate surface area is 178 Å². The van der Waals surface area contributed by atoms with E-state index >= 15 is 0 Å². The number of nitrogens with one attached hydrogen (secondary N) is 3. The number of benzene rings is 2. The number of amides is 2. The highest BCUT2D eigenvalue weighted by molar-refractivity contribution is 6.14. The number of carbonyl (C=O) groups is 2. The van der Waals surface area contributed by atoms with Crippen molar-refractivity contribution < 1.29 is 19.4 Å². The summed E-state index contributed by atoms with van der Waals surface area (Å²) in [6.45, 7) is 10.7. The molecule has 0 aromatic heterocycles. The first-order valence-corrected chi connectivity index (χ1v) is 10.8. The summed E-state index contributed by atoms with van der Waals surface area (Å²) >= 11 is 0. The van der Waals surface area contributed by atoms with Gasteiger partial charge in [0.2, 0.25) is 5.91 Å². The van der Waals surface area contributed by atoms with Gasteiger partial charge in [0.25, 0.3) is 5.91 Å². The summed E-state index contributed by atoms with van der Waals surface area (Å²) < 4.78 is 0. The standard InChI is InChI=1S/C24H30N4O2/c1-18(27-15-13-26(14-16-27)17-19-9-5-4-6-10-19)22(29)28-21-12-8-7-11-20(21)25-23(30)24(28,2)3/h4-12,18H,13-17H2,1-3H3,(H,25,30)/p+2/t18-/m0/s1. The minimum Gasteiger partial charge on any atom is -0.322 e. The summed E-state index contributed by atoms with van der Waals surface area (Å²) in [5, 5.41) is 2.94. The van der Waals surface area contributed by atoms with Crippen molar-refractivity contribution in [3.05, 3.63) is 60.2 Å². The molecule has 2 aromatic carbocycles.